The van der Waals surface area contributed by atoms with E-state index in [0.717, 1.165) is 89.9 Å². The Hall–Kier alpha value is -14.2. The third kappa shape index (κ3) is 24.0. The highest BCUT2D eigenvalue weighted by molar-refractivity contribution is 5.64. The summed E-state index contributed by atoms with van der Waals surface area (Å²) < 4.78 is 17.3. The highest BCUT2D eigenvalue weighted by Crippen LogP contribution is 2.30. The molecule has 40 heteroatoms. The number of fused-ring (bicyclic) bond motifs is 4. The molecular weight excluding hydrogens is 1670 g/mol. The van der Waals surface area contributed by atoms with Crippen LogP contribution in [-0.2, 0) is 26.2 Å². The Morgan fingerprint density at radius 2 is 0.646 bits per heavy atom. The number of benzene rings is 2. The molecule has 680 valence electrons. The van der Waals surface area contributed by atoms with Crippen molar-refractivity contribution >= 4 is 70.2 Å². The summed E-state index contributed by atoms with van der Waals surface area (Å²) in [6, 6.07) is 41.3. The van der Waals surface area contributed by atoms with Crippen molar-refractivity contribution in [1.82, 2.24) is 98.3 Å². The summed E-state index contributed by atoms with van der Waals surface area (Å²) in [6.07, 6.45) is 13.3. The van der Waals surface area contributed by atoms with Gasteiger partial charge in [-0.05, 0) is 101 Å². The second-order valence-electron chi connectivity index (χ2n) is 31.5. The van der Waals surface area contributed by atoms with Gasteiger partial charge in [0.15, 0.2) is 34.1 Å². The monoisotopic (exact) mass is 1770 g/mol. The molecule has 14 aromatic heterocycles. The van der Waals surface area contributed by atoms with Crippen LogP contribution in [0.3, 0.4) is 0 Å². The molecule has 2 aromatic carbocycles. The maximum Gasteiger partial charge on any atom is 0.229 e. The van der Waals surface area contributed by atoms with Crippen LogP contribution >= 0.6 is 0 Å². The second kappa shape index (κ2) is 45.0. The molecule has 0 amide bonds. The normalized spacial score (nSPS) is 12.8. The van der Waals surface area contributed by atoms with Gasteiger partial charge in [0.05, 0.1) is 125 Å². The molecule has 0 fully saturated rings. The molecule has 0 aliphatic carbocycles. The van der Waals surface area contributed by atoms with Gasteiger partial charge in [-0.25, -0.2) is 0 Å². The van der Waals surface area contributed by atoms with Crippen molar-refractivity contribution in [3.63, 3.8) is 0 Å². The van der Waals surface area contributed by atoms with E-state index in [4.69, 9.17) is 19.0 Å². The predicted octanol–water partition coefficient (Wildman–Crippen LogP) is 8.66. The van der Waals surface area contributed by atoms with E-state index in [1.54, 1.807) is 74.0 Å². The van der Waals surface area contributed by atoms with Crippen molar-refractivity contribution in [2.75, 3.05) is 95.3 Å². The van der Waals surface area contributed by atoms with Gasteiger partial charge in [-0.15, -0.1) is 0 Å². The van der Waals surface area contributed by atoms with Crippen molar-refractivity contribution in [3.8, 4) is 45.4 Å². The van der Waals surface area contributed by atoms with Gasteiger partial charge in [0.2, 0.25) is 47.6 Å². The van der Waals surface area contributed by atoms with E-state index in [9.17, 15) is 40.9 Å². The molecule has 0 aliphatic rings. The minimum Gasteiger partial charge on any atom is -0.463 e. The number of anilines is 8. The van der Waals surface area contributed by atoms with Crippen molar-refractivity contribution in [2.24, 2.45) is 0 Å². The molecule has 130 heavy (non-hydrogen) atoms. The van der Waals surface area contributed by atoms with Crippen LogP contribution in [0.5, 0.6) is 0 Å². The van der Waals surface area contributed by atoms with E-state index in [1.807, 2.05) is 154 Å². The van der Waals surface area contributed by atoms with E-state index in [0.29, 0.717) is 84.5 Å². The molecule has 0 bridgehead atoms. The van der Waals surface area contributed by atoms with Crippen LogP contribution in [0.4, 0.5) is 47.6 Å². The number of hydrogen-bond acceptors (Lipinski definition) is 36. The summed E-state index contributed by atoms with van der Waals surface area (Å²) in [6.45, 7) is 16.2. The molecule has 0 aliphatic heterocycles. The van der Waals surface area contributed by atoms with Crippen LogP contribution in [-0.4, -0.2) is 239 Å². The van der Waals surface area contributed by atoms with Crippen LogP contribution in [0.1, 0.15) is 124 Å². The third-order valence-electron chi connectivity index (χ3n) is 20.6. The first-order valence-corrected chi connectivity index (χ1v) is 42.4. The van der Waals surface area contributed by atoms with E-state index in [2.05, 4.69) is 164 Å². The lowest BCUT2D eigenvalue weighted by atomic mass is 10.1. The van der Waals surface area contributed by atoms with Gasteiger partial charge in [-0.2, -0.15) is 78.3 Å². The maximum atomic E-state index is 9.96. The number of rotatable bonds is 38. The van der Waals surface area contributed by atoms with Gasteiger partial charge in [0.25, 0.3) is 0 Å². The zero-order valence-corrected chi connectivity index (χ0v) is 73.0. The zero-order valence-electron chi connectivity index (χ0n) is 73.0. The summed E-state index contributed by atoms with van der Waals surface area (Å²) in [5.41, 5.74) is 15.8. The lowest BCUT2D eigenvalue weighted by molar-refractivity contribution is 0.0609. The van der Waals surface area contributed by atoms with E-state index in [-0.39, 0.29) is 61.9 Å². The van der Waals surface area contributed by atoms with Crippen LogP contribution in [0.25, 0.3) is 68.0 Å². The van der Waals surface area contributed by atoms with E-state index >= 15 is 0 Å². The van der Waals surface area contributed by atoms with Crippen LogP contribution < -0.4 is 42.5 Å². The van der Waals surface area contributed by atoms with Crippen LogP contribution in [0.2, 0.25) is 0 Å². The van der Waals surface area contributed by atoms with Gasteiger partial charge in [-0.3, -0.25) is 19.9 Å². The zero-order chi connectivity index (χ0) is 91.7. The Balaban J connectivity index is 0.000000148. The van der Waals surface area contributed by atoms with Crippen molar-refractivity contribution < 1.29 is 59.9 Å². The van der Waals surface area contributed by atoms with E-state index in [1.165, 1.54) is 0 Å². The molecule has 40 nitrogen and oxygen atoms in total. The number of aliphatic hydroxyl groups is 10. The Morgan fingerprint density at radius 1 is 0.308 bits per heavy atom. The number of aliphatic hydroxyl groups excluding tert-OH is 10. The SMILES string of the molecule is CC(C)c1cnn2c(NCc3ccc(-c4ccccc4)nc3)nc(N[C@@H](CO)[C@H](O)CO)nc12.CC(C)c1cnn2c(NCc3ccc(-c4ccccn4)cc3)nc(N[C@@H](CO)[C@H](O)CO)nc12.CC(C)c1cnn2c(NCc3ccc(-c4ccco4)nc3)nc(NC[C@@H](O)CO)nc12.CC(C)c1cnn2c(NCc3ccc(-c4ccco4)nc3)nc(NC[C@H](O)CO)nc12. The molecule has 0 spiro atoms. The molecule has 6 atom stereocenters. The fourth-order valence-corrected chi connectivity index (χ4v) is 13.2. The fourth-order valence-electron chi connectivity index (χ4n) is 13.2. The number of aromatic nitrogens is 20. The summed E-state index contributed by atoms with van der Waals surface area (Å²) in [4.78, 5) is 54.0. The summed E-state index contributed by atoms with van der Waals surface area (Å²) in [5, 5.41) is 138. The lowest BCUT2D eigenvalue weighted by Crippen LogP contribution is -2.39. The highest BCUT2D eigenvalue weighted by Gasteiger charge is 2.26. The number of nitrogens with zero attached hydrogens (tertiary/aromatic N) is 20. The first-order chi connectivity index (χ1) is 63.1. The number of nitrogens with one attached hydrogen (secondary N) is 8. The number of hydrogen-bond donors (Lipinski definition) is 18. The Labute approximate surface area is 747 Å². The number of pyridine rings is 4. The molecule has 16 rings (SSSR count). The molecule has 16 aromatic rings. The minimum absolute atomic E-state index is 0.134. The van der Waals surface area contributed by atoms with Gasteiger partial charge in [0.1, 0.15) is 11.4 Å². The Bertz CT molecular complexity index is 5800. The van der Waals surface area contributed by atoms with Crippen molar-refractivity contribution in [2.45, 2.75) is 142 Å². The maximum absolute atomic E-state index is 9.96. The van der Waals surface area contributed by atoms with E-state index < -0.39 is 62.9 Å². The largest absolute Gasteiger partial charge is 0.463 e. The minimum atomic E-state index is -1.16. The topological polar surface area (TPSA) is 549 Å². The predicted molar refractivity (Wildman–Crippen MR) is 490 cm³/mol. The first-order valence-electron chi connectivity index (χ1n) is 42.4. The second-order valence-corrected chi connectivity index (χ2v) is 31.5. The molecule has 0 radical (unpaired) electrons. The van der Waals surface area contributed by atoms with Gasteiger partial charge < -0.3 is 102 Å². The first kappa shape index (κ1) is 93.4. The Morgan fingerprint density at radius 3 is 0.969 bits per heavy atom. The molecule has 0 saturated carbocycles. The summed E-state index contributed by atoms with van der Waals surface area (Å²) in [7, 11) is 0. The lowest BCUT2D eigenvalue weighted by Gasteiger charge is -2.21. The summed E-state index contributed by atoms with van der Waals surface area (Å²) >= 11 is 0. The fraction of sp³-hybridized carbons (Fsp3) is 0.333. The molecule has 0 saturated heterocycles. The van der Waals surface area contributed by atoms with Gasteiger partial charge in [0, 0.05) is 97.4 Å². The van der Waals surface area contributed by atoms with Crippen molar-refractivity contribution in [3.05, 3.63) is 240 Å². The molecule has 0 unspecified atom stereocenters. The Kier molecular flexibility index (Phi) is 32.3. The smallest absolute Gasteiger partial charge is 0.229 e. The van der Waals surface area contributed by atoms with Crippen LogP contribution in [0, 0.1) is 0 Å². The molecule has 14 heterocycles. The standard InChI is InChI=1S/2C24H29N7O3.2C21H25N7O3/c1-15(2)18-12-27-31-22(18)29-23(28-20(13-32)21(34)14-33)30-24(31)26-11-16-6-8-17(9-7-16)19-5-3-4-10-25-19;1-15(2)18-12-27-31-22(18)29-23(28-20(13-32)21(34)14-33)30-24(31)26-11-16-8-9-19(25-10-16)17-6-4-3-5-7-17;2*1-13(2)16-11-25-28-19(16)26-20(23-10-15(30)12-29)27-21(28)24-9-14-5-6-17(22-8-14)18-4-3-7-31-18/h2*3-10,12,15,20-21,32-34H,11,13-14H2,1-2H3,(H2,26,28,29,30);2*3-8,11,13,15,29-30H,9-10,12H2,1-2H3,(H2,23,24,26,27)/t2*20-,21+;2*15-/m0010/s1. The summed E-state index contributed by atoms with van der Waals surface area (Å²) in [5.74, 6) is 5.30. The molecular formula is C90H108N28O12. The average Bonchev–Trinajstić information content (AvgIpc) is 1.64. The van der Waals surface area contributed by atoms with Gasteiger partial charge >= 0.3 is 0 Å². The van der Waals surface area contributed by atoms with Crippen molar-refractivity contribution in [1.29, 1.82) is 0 Å². The highest BCUT2D eigenvalue weighted by atomic mass is 16.3. The number of furan rings is 2. The third-order valence-corrected chi connectivity index (χ3v) is 20.6. The quantitative estimate of drug-likeness (QED) is 0.0172. The van der Waals surface area contributed by atoms with Gasteiger partial charge in [-0.1, -0.05) is 134 Å². The van der Waals surface area contributed by atoms with Crippen LogP contribution in [0.15, 0.2) is 204 Å². The molecule has 18 N–H and O–H groups in total. The average molecular weight is 1770 g/mol.